The minimum absolute atomic E-state index is 0.248. The fraction of sp³-hybridized carbons (Fsp3) is 0.222. The summed E-state index contributed by atoms with van der Waals surface area (Å²) >= 11 is 0. The topological polar surface area (TPSA) is 37.8 Å². The maximum absolute atomic E-state index is 4.52. The molecule has 0 amide bonds. The molecule has 3 aromatic rings. The summed E-state index contributed by atoms with van der Waals surface area (Å²) < 4.78 is 0. The summed E-state index contributed by atoms with van der Waals surface area (Å²) in [6.07, 6.45) is 4.45. The first-order chi connectivity index (χ1) is 10.4. The molecular formula is C18H19N3. The number of benzene rings is 2. The summed E-state index contributed by atoms with van der Waals surface area (Å²) in [5, 5.41) is 3.57. The van der Waals surface area contributed by atoms with E-state index in [4.69, 9.17) is 0 Å². The molecule has 3 rings (SSSR count). The summed E-state index contributed by atoms with van der Waals surface area (Å²) in [5.74, 6) is 0. The molecule has 1 aromatic heterocycles. The van der Waals surface area contributed by atoms with E-state index in [1.54, 1.807) is 12.4 Å². The number of hydrogen-bond donors (Lipinski definition) is 1. The Kier molecular flexibility index (Phi) is 4.22. The molecule has 2 aromatic carbocycles. The standard InChI is InChI=1S/C18H19N3/c1-2-19-17(13-14-7-4-3-5-8-14)15-9-6-10-16-18(15)21-12-11-20-16/h3-12,17,19H,2,13H2,1H3. The molecule has 1 N–H and O–H groups in total. The summed E-state index contributed by atoms with van der Waals surface area (Å²) in [7, 11) is 0. The number of aromatic nitrogens is 2. The second-order valence-corrected chi connectivity index (χ2v) is 5.07. The third-order valence-corrected chi connectivity index (χ3v) is 3.64. The van der Waals surface area contributed by atoms with Crippen molar-refractivity contribution in [2.45, 2.75) is 19.4 Å². The van der Waals surface area contributed by atoms with Crippen molar-refractivity contribution in [3.63, 3.8) is 0 Å². The van der Waals surface area contributed by atoms with E-state index < -0.39 is 0 Å². The average Bonchev–Trinajstić information content (AvgIpc) is 2.55. The molecule has 0 aliphatic carbocycles. The Morgan fingerprint density at radius 3 is 2.57 bits per heavy atom. The van der Waals surface area contributed by atoms with Gasteiger partial charge < -0.3 is 5.32 Å². The summed E-state index contributed by atoms with van der Waals surface area (Å²) in [5.41, 5.74) is 4.48. The second-order valence-electron chi connectivity index (χ2n) is 5.07. The number of likely N-dealkylation sites (N-methyl/N-ethyl adjacent to an activating group) is 1. The van der Waals surface area contributed by atoms with Crippen LogP contribution in [-0.2, 0) is 6.42 Å². The van der Waals surface area contributed by atoms with Crippen LogP contribution in [0.4, 0.5) is 0 Å². The zero-order chi connectivity index (χ0) is 14.5. The van der Waals surface area contributed by atoms with Crippen LogP contribution in [0.25, 0.3) is 11.0 Å². The molecule has 3 heteroatoms. The molecule has 21 heavy (non-hydrogen) atoms. The van der Waals surface area contributed by atoms with E-state index in [9.17, 15) is 0 Å². The zero-order valence-corrected chi connectivity index (χ0v) is 12.2. The number of fused-ring (bicyclic) bond motifs is 1. The Balaban J connectivity index is 1.99. The molecule has 3 nitrogen and oxygen atoms in total. The van der Waals surface area contributed by atoms with Gasteiger partial charge in [-0.3, -0.25) is 9.97 Å². The van der Waals surface area contributed by atoms with Crippen LogP contribution in [0.15, 0.2) is 60.9 Å². The zero-order valence-electron chi connectivity index (χ0n) is 12.2. The Bertz CT molecular complexity index is 704. The minimum atomic E-state index is 0.248. The number of hydrogen-bond acceptors (Lipinski definition) is 3. The first-order valence-electron chi connectivity index (χ1n) is 7.35. The quantitative estimate of drug-likeness (QED) is 0.775. The van der Waals surface area contributed by atoms with Gasteiger partial charge >= 0.3 is 0 Å². The van der Waals surface area contributed by atoms with E-state index in [0.29, 0.717) is 0 Å². The number of rotatable bonds is 5. The lowest BCUT2D eigenvalue weighted by atomic mass is 9.97. The van der Waals surface area contributed by atoms with Gasteiger partial charge in [0.1, 0.15) is 0 Å². The summed E-state index contributed by atoms with van der Waals surface area (Å²) in [6, 6.07) is 17.0. The molecule has 0 radical (unpaired) electrons. The van der Waals surface area contributed by atoms with E-state index in [0.717, 1.165) is 24.0 Å². The van der Waals surface area contributed by atoms with Crippen LogP contribution in [-0.4, -0.2) is 16.5 Å². The highest BCUT2D eigenvalue weighted by molar-refractivity contribution is 5.78. The molecule has 0 saturated heterocycles. The van der Waals surface area contributed by atoms with Crippen LogP contribution >= 0.6 is 0 Å². The van der Waals surface area contributed by atoms with Crippen molar-refractivity contribution in [2.75, 3.05) is 6.54 Å². The lowest BCUT2D eigenvalue weighted by molar-refractivity contribution is 0.552. The Morgan fingerprint density at radius 1 is 0.952 bits per heavy atom. The molecule has 1 atom stereocenters. The maximum Gasteiger partial charge on any atom is 0.0934 e. The van der Waals surface area contributed by atoms with Crippen LogP contribution in [0.1, 0.15) is 24.1 Å². The van der Waals surface area contributed by atoms with Crippen molar-refractivity contribution in [3.8, 4) is 0 Å². The molecule has 1 heterocycles. The van der Waals surface area contributed by atoms with E-state index >= 15 is 0 Å². The summed E-state index contributed by atoms with van der Waals surface area (Å²) in [4.78, 5) is 8.92. The van der Waals surface area contributed by atoms with Crippen LogP contribution in [0.3, 0.4) is 0 Å². The van der Waals surface area contributed by atoms with Crippen molar-refractivity contribution in [1.29, 1.82) is 0 Å². The second kappa shape index (κ2) is 6.46. The molecule has 0 aliphatic heterocycles. The Morgan fingerprint density at radius 2 is 1.76 bits per heavy atom. The lowest BCUT2D eigenvalue weighted by Crippen LogP contribution is -2.23. The smallest absolute Gasteiger partial charge is 0.0934 e. The van der Waals surface area contributed by atoms with Gasteiger partial charge in [0.15, 0.2) is 0 Å². The third kappa shape index (κ3) is 3.09. The molecule has 0 fully saturated rings. The van der Waals surface area contributed by atoms with Gasteiger partial charge in [0.2, 0.25) is 0 Å². The Labute approximate surface area is 125 Å². The predicted molar refractivity (Wildman–Crippen MR) is 86.1 cm³/mol. The summed E-state index contributed by atoms with van der Waals surface area (Å²) in [6.45, 7) is 3.06. The molecular weight excluding hydrogens is 258 g/mol. The SMILES string of the molecule is CCNC(Cc1ccccc1)c1cccc2nccnc12. The third-order valence-electron chi connectivity index (χ3n) is 3.64. The first kappa shape index (κ1) is 13.7. The van der Waals surface area contributed by atoms with Crippen LogP contribution in [0.5, 0.6) is 0 Å². The van der Waals surface area contributed by atoms with E-state index in [1.807, 2.05) is 6.07 Å². The highest BCUT2D eigenvalue weighted by Gasteiger charge is 2.15. The van der Waals surface area contributed by atoms with E-state index in [2.05, 4.69) is 64.7 Å². The van der Waals surface area contributed by atoms with Crippen LogP contribution < -0.4 is 5.32 Å². The van der Waals surface area contributed by atoms with Gasteiger partial charge in [-0.15, -0.1) is 0 Å². The Hall–Kier alpha value is -2.26. The fourth-order valence-electron chi connectivity index (χ4n) is 2.68. The van der Waals surface area contributed by atoms with Crippen LogP contribution in [0, 0.1) is 0 Å². The van der Waals surface area contributed by atoms with Gasteiger partial charge in [-0.1, -0.05) is 49.4 Å². The fourth-order valence-corrected chi connectivity index (χ4v) is 2.68. The van der Waals surface area contributed by atoms with Crippen molar-refractivity contribution >= 4 is 11.0 Å². The number of nitrogens with one attached hydrogen (secondary N) is 1. The lowest BCUT2D eigenvalue weighted by Gasteiger charge is -2.19. The van der Waals surface area contributed by atoms with Gasteiger partial charge in [0, 0.05) is 18.4 Å². The maximum atomic E-state index is 4.52. The van der Waals surface area contributed by atoms with Gasteiger partial charge in [-0.05, 0) is 30.2 Å². The normalized spacial score (nSPS) is 12.4. The highest BCUT2D eigenvalue weighted by atomic mass is 14.9. The minimum Gasteiger partial charge on any atom is -0.310 e. The van der Waals surface area contributed by atoms with E-state index in [1.165, 1.54) is 11.1 Å². The average molecular weight is 277 g/mol. The van der Waals surface area contributed by atoms with Gasteiger partial charge in [0.25, 0.3) is 0 Å². The molecule has 0 saturated carbocycles. The largest absolute Gasteiger partial charge is 0.310 e. The highest BCUT2D eigenvalue weighted by Crippen LogP contribution is 2.24. The molecule has 0 aliphatic rings. The van der Waals surface area contributed by atoms with Crippen molar-refractivity contribution in [2.24, 2.45) is 0 Å². The van der Waals surface area contributed by atoms with Crippen molar-refractivity contribution < 1.29 is 0 Å². The molecule has 0 bridgehead atoms. The van der Waals surface area contributed by atoms with E-state index in [-0.39, 0.29) is 6.04 Å². The number of para-hydroxylation sites is 1. The van der Waals surface area contributed by atoms with Crippen molar-refractivity contribution in [3.05, 3.63) is 72.1 Å². The molecule has 106 valence electrons. The van der Waals surface area contributed by atoms with Crippen LogP contribution in [0.2, 0.25) is 0 Å². The van der Waals surface area contributed by atoms with Crippen molar-refractivity contribution in [1.82, 2.24) is 15.3 Å². The molecule has 1 unspecified atom stereocenters. The first-order valence-corrected chi connectivity index (χ1v) is 7.35. The predicted octanol–water partition coefficient (Wildman–Crippen LogP) is 3.52. The number of nitrogens with zero attached hydrogens (tertiary/aromatic N) is 2. The van der Waals surface area contributed by atoms with Gasteiger partial charge in [-0.25, -0.2) is 0 Å². The van der Waals surface area contributed by atoms with Gasteiger partial charge in [-0.2, -0.15) is 0 Å². The van der Waals surface area contributed by atoms with Gasteiger partial charge in [0.05, 0.1) is 11.0 Å². The molecule has 0 spiro atoms. The monoisotopic (exact) mass is 277 g/mol.